The number of halogens is 1. The molecule has 2 aliphatic rings. The third-order valence-corrected chi connectivity index (χ3v) is 6.05. The summed E-state index contributed by atoms with van der Waals surface area (Å²) in [5.41, 5.74) is 7.72. The predicted molar refractivity (Wildman–Crippen MR) is 119 cm³/mol. The predicted octanol–water partition coefficient (Wildman–Crippen LogP) is 4.55. The molecule has 0 saturated heterocycles. The van der Waals surface area contributed by atoms with Gasteiger partial charge in [0.05, 0.1) is 6.57 Å². The van der Waals surface area contributed by atoms with Crippen LogP contribution >= 0.6 is 0 Å². The molecule has 1 spiro atoms. The maximum Gasteiger partial charge on any atom is 0.261 e. The Kier molecular flexibility index (Phi) is 4.45. The molecule has 3 aromatic rings. The van der Waals surface area contributed by atoms with Gasteiger partial charge in [-0.3, -0.25) is 9.69 Å². The van der Waals surface area contributed by atoms with Crippen molar-refractivity contribution in [2.24, 2.45) is 10.7 Å². The van der Waals surface area contributed by atoms with Crippen LogP contribution in [0.15, 0.2) is 71.7 Å². The molecular formula is C25H19FN4O2. The summed E-state index contributed by atoms with van der Waals surface area (Å²) in [5.74, 6) is -0.102. The van der Waals surface area contributed by atoms with Gasteiger partial charge < -0.3 is 10.5 Å². The Morgan fingerprint density at radius 3 is 2.56 bits per heavy atom. The first-order chi connectivity index (χ1) is 15.4. The number of ether oxygens (including phenoxy) is 1. The summed E-state index contributed by atoms with van der Waals surface area (Å²) in [6.07, 6.45) is -0.0743. The van der Waals surface area contributed by atoms with Crippen molar-refractivity contribution < 1.29 is 13.9 Å². The van der Waals surface area contributed by atoms with E-state index < -0.39 is 11.4 Å². The quantitative estimate of drug-likeness (QED) is 0.611. The fourth-order valence-electron chi connectivity index (χ4n) is 4.35. The highest BCUT2D eigenvalue weighted by molar-refractivity contribution is 6.07. The first kappa shape index (κ1) is 19.8. The van der Waals surface area contributed by atoms with Gasteiger partial charge in [-0.05, 0) is 41.0 Å². The normalized spacial score (nSPS) is 21.7. The number of rotatable bonds is 2. The Morgan fingerprint density at radius 2 is 1.88 bits per heavy atom. The van der Waals surface area contributed by atoms with E-state index in [0.29, 0.717) is 23.3 Å². The lowest BCUT2D eigenvalue weighted by Gasteiger charge is -2.37. The summed E-state index contributed by atoms with van der Waals surface area (Å²) in [5, 5.41) is 0. The van der Waals surface area contributed by atoms with Crippen molar-refractivity contribution in [3.8, 4) is 16.9 Å². The molecule has 5 rings (SSSR count). The van der Waals surface area contributed by atoms with Crippen LogP contribution in [0, 0.1) is 12.4 Å². The highest BCUT2D eigenvalue weighted by atomic mass is 19.1. The zero-order valence-electron chi connectivity index (χ0n) is 17.2. The van der Waals surface area contributed by atoms with Crippen molar-refractivity contribution in [2.75, 3.05) is 7.05 Å². The van der Waals surface area contributed by atoms with E-state index in [1.165, 1.54) is 17.0 Å². The van der Waals surface area contributed by atoms with Gasteiger partial charge >= 0.3 is 0 Å². The van der Waals surface area contributed by atoms with Gasteiger partial charge in [0.2, 0.25) is 5.69 Å². The number of aliphatic imine (C=N–C) groups is 1. The summed E-state index contributed by atoms with van der Waals surface area (Å²) < 4.78 is 20.1. The summed E-state index contributed by atoms with van der Waals surface area (Å²) in [4.78, 5) is 22.6. The van der Waals surface area contributed by atoms with Crippen LogP contribution in [0.3, 0.4) is 0 Å². The molecule has 0 radical (unpaired) electrons. The number of nitrogens with two attached hydrogens (primary N) is 1. The Bertz CT molecular complexity index is 1320. The van der Waals surface area contributed by atoms with Crippen LogP contribution in [0.5, 0.6) is 5.75 Å². The van der Waals surface area contributed by atoms with Crippen LogP contribution < -0.4 is 10.5 Å². The van der Waals surface area contributed by atoms with Gasteiger partial charge in [-0.15, -0.1) is 0 Å². The molecule has 2 unspecified atom stereocenters. The molecular weight excluding hydrogens is 407 g/mol. The average molecular weight is 426 g/mol. The van der Waals surface area contributed by atoms with Crippen molar-refractivity contribution in [1.82, 2.24) is 4.90 Å². The zero-order chi connectivity index (χ0) is 22.5. The van der Waals surface area contributed by atoms with E-state index in [2.05, 4.69) is 9.84 Å². The van der Waals surface area contributed by atoms with Crippen LogP contribution in [0.2, 0.25) is 0 Å². The number of carbonyl (C=O) groups excluding carboxylic acids is 1. The Hall–Kier alpha value is -4.18. The molecule has 0 fully saturated rings. The average Bonchev–Trinajstić information content (AvgIpc) is 3.03. The minimum atomic E-state index is -1.22. The largest absolute Gasteiger partial charge is 0.485 e. The summed E-state index contributed by atoms with van der Waals surface area (Å²) in [6.45, 7) is 7.18. The Balaban J connectivity index is 1.67. The number of hydrogen-bond acceptors (Lipinski definition) is 4. The van der Waals surface area contributed by atoms with Crippen LogP contribution in [0.4, 0.5) is 10.1 Å². The second kappa shape index (κ2) is 7.20. The molecule has 2 N–H and O–H groups in total. The number of guanidine groups is 1. The molecule has 3 aromatic carbocycles. The third-order valence-electron chi connectivity index (χ3n) is 6.05. The number of carbonyl (C=O) groups is 1. The number of hydrogen-bond donors (Lipinski definition) is 1. The molecule has 7 heteroatoms. The topological polar surface area (TPSA) is 72.3 Å². The standard InChI is InChI=1S/C25H19FN4O2/c1-28-20-13-17(8-10-19(20)26)16-9-11-21-18(12-16)25(23(31)30(2)24(27)29-25)14-22(32-21)15-6-4-3-5-7-15/h3-13,22H,14H2,2H3,(H2,27,29). The van der Waals surface area contributed by atoms with E-state index in [1.807, 2.05) is 42.5 Å². The SMILES string of the molecule is [C-]#[N+]c1cc(-c2ccc3c(c2)C2(CC(c4ccccc4)O3)N=C(N)N(C)C2=O)ccc1F. The van der Waals surface area contributed by atoms with Crippen molar-refractivity contribution >= 4 is 17.6 Å². The number of benzene rings is 3. The number of fused-ring (bicyclic) bond motifs is 2. The minimum absolute atomic E-state index is 0.0609. The maximum absolute atomic E-state index is 13.8. The van der Waals surface area contributed by atoms with Gasteiger partial charge in [0.1, 0.15) is 17.7 Å². The molecule has 2 heterocycles. The molecule has 2 atom stereocenters. The minimum Gasteiger partial charge on any atom is -0.485 e. The molecule has 0 aromatic heterocycles. The fraction of sp³-hybridized carbons (Fsp3) is 0.160. The monoisotopic (exact) mass is 426 g/mol. The smallest absolute Gasteiger partial charge is 0.261 e. The van der Waals surface area contributed by atoms with Crippen molar-refractivity contribution in [1.29, 1.82) is 0 Å². The maximum atomic E-state index is 13.8. The highest BCUT2D eigenvalue weighted by Crippen LogP contribution is 2.50. The Labute approximate surface area is 184 Å². The second-order valence-corrected chi connectivity index (χ2v) is 7.90. The first-order valence-electron chi connectivity index (χ1n) is 10.1. The second-order valence-electron chi connectivity index (χ2n) is 7.90. The Morgan fingerprint density at radius 1 is 1.16 bits per heavy atom. The molecule has 2 aliphatic heterocycles. The van der Waals surface area contributed by atoms with Crippen LogP contribution in [0.25, 0.3) is 16.0 Å². The van der Waals surface area contributed by atoms with Gasteiger partial charge in [-0.25, -0.2) is 14.2 Å². The van der Waals surface area contributed by atoms with Crippen LogP contribution in [-0.2, 0) is 10.3 Å². The lowest BCUT2D eigenvalue weighted by atomic mass is 9.79. The van der Waals surface area contributed by atoms with Crippen LogP contribution in [-0.4, -0.2) is 23.8 Å². The van der Waals surface area contributed by atoms with E-state index in [9.17, 15) is 9.18 Å². The summed E-state index contributed by atoms with van der Waals surface area (Å²) in [7, 11) is 1.61. The number of amides is 1. The first-order valence-corrected chi connectivity index (χ1v) is 10.1. The van der Waals surface area contributed by atoms with E-state index in [1.54, 1.807) is 19.2 Å². The van der Waals surface area contributed by atoms with Crippen LogP contribution in [0.1, 0.15) is 23.7 Å². The van der Waals surface area contributed by atoms with E-state index >= 15 is 0 Å². The lowest BCUT2D eigenvalue weighted by molar-refractivity contribution is -0.132. The molecule has 1 amide bonds. The van der Waals surface area contributed by atoms with Gasteiger partial charge in [0.25, 0.3) is 5.91 Å². The molecule has 6 nitrogen and oxygen atoms in total. The molecule has 32 heavy (non-hydrogen) atoms. The summed E-state index contributed by atoms with van der Waals surface area (Å²) in [6, 6.07) is 19.5. The van der Waals surface area contributed by atoms with E-state index in [-0.39, 0.29) is 23.7 Å². The fourth-order valence-corrected chi connectivity index (χ4v) is 4.35. The van der Waals surface area contributed by atoms with Crippen molar-refractivity contribution in [3.05, 3.63) is 95.1 Å². The van der Waals surface area contributed by atoms with Gasteiger partial charge in [-0.1, -0.05) is 42.5 Å². The third kappa shape index (κ3) is 2.92. The molecule has 158 valence electrons. The molecule has 0 bridgehead atoms. The van der Waals surface area contributed by atoms with Gasteiger partial charge in [-0.2, -0.15) is 0 Å². The van der Waals surface area contributed by atoms with Gasteiger partial charge in [0, 0.05) is 19.0 Å². The highest BCUT2D eigenvalue weighted by Gasteiger charge is 2.53. The number of nitrogens with zero attached hydrogens (tertiary/aromatic N) is 3. The zero-order valence-corrected chi connectivity index (χ0v) is 17.2. The van der Waals surface area contributed by atoms with Gasteiger partial charge in [0.15, 0.2) is 11.5 Å². The van der Waals surface area contributed by atoms with E-state index in [0.717, 1.165) is 11.1 Å². The van der Waals surface area contributed by atoms with Crippen molar-refractivity contribution in [3.63, 3.8) is 0 Å². The van der Waals surface area contributed by atoms with Crippen molar-refractivity contribution in [2.45, 2.75) is 18.1 Å². The lowest BCUT2D eigenvalue weighted by Crippen LogP contribution is -2.43. The van der Waals surface area contributed by atoms with E-state index in [4.69, 9.17) is 17.0 Å². The molecule has 0 saturated carbocycles. The molecule has 0 aliphatic carbocycles. The number of likely N-dealkylation sites (N-methyl/N-ethyl adjacent to an activating group) is 1. The summed E-state index contributed by atoms with van der Waals surface area (Å²) >= 11 is 0.